The van der Waals surface area contributed by atoms with Crippen LogP contribution in [0, 0.1) is 5.92 Å². The van der Waals surface area contributed by atoms with E-state index in [1.165, 1.54) is 19.1 Å². The van der Waals surface area contributed by atoms with Gasteiger partial charge in [0, 0.05) is 12.2 Å². The Labute approximate surface area is 186 Å². The van der Waals surface area contributed by atoms with Gasteiger partial charge in [0.05, 0.1) is 6.04 Å². The van der Waals surface area contributed by atoms with E-state index in [0.717, 1.165) is 0 Å². The van der Waals surface area contributed by atoms with E-state index in [4.69, 9.17) is 5.73 Å². The summed E-state index contributed by atoms with van der Waals surface area (Å²) in [5.74, 6) is -3.51. The molecule has 7 N–H and O–H groups in total. The molecule has 0 aliphatic rings. The molecule has 4 unspecified atom stereocenters. The highest BCUT2D eigenvalue weighted by atomic mass is 32.1. The number of nitrogens with one attached hydrogen (secondary N) is 3. The van der Waals surface area contributed by atoms with Crippen LogP contribution < -0.4 is 21.7 Å². The van der Waals surface area contributed by atoms with E-state index in [9.17, 15) is 29.4 Å². The summed E-state index contributed by atoms with van der Waals surface area (Å²) in [6.45, 7) is 4.75. The molecule has 0 radical (unpaired) electrons. The first-order valence-electron chi connectivity index (χ1n) is 9.74. The molecular weight excluding hydrogens is 424 g/mol. The Morgan fingerprint density at radius 1 is 0.935 bits per heavy atom. The van der Waals surface area contributed by atoms with Crippen LogP contribution in [0.5, 0.6) is 5.75 Å². The minimum absolute atomic E-state index is 0.0306. The average Bonchev–Trinajstić information content (AvgIpc) is 2.69. The van der Waals surface area contributed by atoms with E-state index in [1.807, 2.05) is 0 Å². The van der Waals surface area contributed by atoms with E-state index >= 15 is 0 Å². The molecule has 11 heteroatoms. The normalized spacial score (nSPS) is 14.8. The molecule has 3 amide bonds. The molecule has 0 aromatic heterocycles. The Hall–Kier alpha value is -2.79. The van der Waals surface area contributed by atoms with Crippen molar-refractivity contribution in [2.45, 2.75) is 51.4 Å². The number of thiol groups is 1. The van der Waals surface area contributed by atoms with Crippen molar-refractivity contribution >= 4 is 36.3 Å². The summed E-state index contributed by atoms with van der Waals surface area (Å²) in [5.41, 5.74) is 6.13. The zero-order valence-electron chi connectivity index (χ0n) is 17.7. The molecule has 1 aromatic carbocycles. The van der Waals surface area contributed by atoms with Gasteiger partial charge in [-0.3, -0.25) is 14.4 Å². The van der Waals surface area contributed by atoms with Gasteiger partial charge < -0.3 is 31.9 Å². The van der Waals surface area contributed by atoms with Crippen LogP contribution in [0.4, 0.5) is 0 Å². The second-order valence-corrected chi connectivity index (χ2v) is 7.90. The van der Waals surface area contributed by atoms with Crippen molar-refractivity contribution in [3.05, 3.63) is 29.8 Å². The molecule has 172 valence electrons. The Kier molecular flexibility index (Phi) is 10.3. The third-order valence-electron chi connectivity index (χ3n) is 4.47. The highest BCUT2D eigenvalue weighted by Crippen LogP contribution is 2.12. The van der Waals surface area contributed by atoms with Crippen molar-refractivity contribution < 1.29 is 29.4 Å². The molecule has 0 aliphatic carbocycles. The molecule has 0 saturated carbocycles. The van der Waals surface area contributed by atoms with Gasteiger partial charge in [0.15, 0.2) is 0 Å². The Morgan fingerprint density at radius 2 is 1.45 bits per heavy atom. The first kappa shape index (κ1) is 26.2. The van der Waals surface area contributed by atoms with Gasteiger partial charge in [0.25, 0.3) is 0 Å². The van der Waals surface area contributed by atoms with Crippen molar-refractivity contribution in [2.75, 3.05) is 5.75 Å². The number of phenols is 1. The van der Waals surface area contributed by atoms with Gasteiger partial charge in [0.2, 0.25) is 17.7 Å². The third kappa shape index (κ3) is 8.46. The van der Waals surface area contributed by atoms with Crippen LogP contribution in [0.25, 0.3) is 0 Å². The molecule has 4 atom stereocenters. The molecule has 0 saturated heterocycles. The minimum Gasteiger partial charge on any atom is -0.508 e. The van der Waals surface area contributed by atoms with Crippen molar-refractivity contribution in [3.63, 3.8) is 0 Å². The number of hydrogen-bond donors (Lipinski definition) is 7. The molecular formula is C20H30N4O6S. The van der Waals surface area contributed by atoms with Gasteiger partial charge in [-0.1, -0.05) is 26.0 Å². The number of amides is 3. The lowest BCUT2D eigenvalue weighted by molar-refractivity contribution is -0.143. The molecule has 1 aromatic rings. The molecule has 0 bridgehead atoms. The maximum Gasteiger partial charge on any atom is 0.326 e. The summed E-state index contributed by atoms with van der Waals surface area (Å²) in [6.07, 6.45) is 0.0306. The fraction of sp³-hybridized carbons (Fsp3) is 0.500. The van der Waals surface area contributed by atoms with E-state index in [-0.39, 0.29) is 23.8 Å². The van der Waals surface area contributed by atoms with Gasteiger partial charge in [-0.15, -0.1) is 0 Å². The smallest absolute Gasteiger partial charge is 0.326 e. The molecule has 0 spiro atoms. The highest BCUT2D eigenvalue weighted by molar-refractivity contribution is 7.80. The number of aromatic hydroxyl groups is 1. The SMILES string of the molecule is CC(N)C(=O)NC(CS)C(=O)NC(Cc1ccc(O)cc1)C(=O)NC(C(=O)O)C(C)C. The van der Waals surface area contributed by atoms with Gasteiger partial charge >= 0.3 is 5.97 Å². The molecule has 0 heterocycles. The van der Waals surface area contributed by atoms with Crippen LogP contribution >= 0.6 is 12.6 Å². The summed E-state index contributed by atoms with van der Waals surface area (Å²) < 4.78 is 0. The summed E-state index contributed by atoms with van der Waals surface area (Å²) in [4.78, 5) is 48.8. The average molecular weight is 455 g/mol. The van der Waals surface area contributed by atoms with E-state index in [0.29, 0.717) is 5.56 Å². The summed E-state index contributed by atoms with van der Waals surface area (Å²) in [7, 11) is 0. The number of carboxylic acids is 1. The molecule has 1 rings (SSSR count). The lowest BCUT2D eigenvalue weighted by atomic mass is 10.0. The quantitative estimate of drug-likeness (QED) is 0.219. The maximum atomic E-state index is 12.8. The maximum absolute atomic E-state index is 12.8. The lowest BCUT2D eigenvalue weighted by Gasteiger charge is -2.25. The number of benzene rings is 1. The third-order valence-corrected chi connectivity index (χ3v) is 4.83. The number of carboxylic acid groups (broad SMARTS) is 1. The molecule has 0 aliphatic heterocycles. The predicted molar refractivity (Wildman–Crippen MR) is 118 cm³/mol. The number of carbonyl (C=O) groups is 4. The summed E-state index contributed by atoms with van der Waals surface area (Å²) in [5, 5.41) is 26.2. The number of aliphatic carboxylic acids is 1. The second-order valence-electron chi connectivity index (χ2n) is 7.53. The van der Waals surface area contributed by atoms with Gasteiger partial charge in [0.1, 0.15) is 23.9 Å². The lowest BCUT2D eigenvalue weighted by Crippen LogP contribution is -2.58. The van der Waals surface area contributed by atoms with Crippen molar-refractivity contribution in [1.29, 1.82) is 0 Å². The van der Waals surface area contributed by atoms with Gasteiger partial charge in [-0.2, -0.15) is 12.6 Å². The zero-order valence-corrected chi connectivity index (χ0v) is 18.6. The molecule has 31 heavy (non-hydrogen) atoms. The van der Waals surface area contributed by atoms with Crippen LogP contribution in [0.15, 0.2) is 24.3 Å². The first-order valence-corrected chi connectivity index (χ1v) is 10.4. The Balaban J connectivity index is 3.06. The van der Waals surface area contributed by atoms with Crippen molar-refractivity contribution in [3.8, 4) is 5.75 Å². The number of phenolic OH excluding ortho intramolecular Hbond substituents is 1. The zero-order chi connectivity index (χ0) is 23.7. The number of nitrogens with two attached hydrogens (primary N) is 1. The Morgan fingerprint density at radius 3 is 1.90 bits per heavy atom. The fourth-order valence-electron chi connectivity index (χ4n) is 2.61. The first-order chi connectivity index (χ1) is 14.5. The van der Waals surface area contributed by atoms with Crippen LogP contribution in [-0.2, 0) is 25.6 Å². The Bertz CT molecular complexity index is 784. The van der Waals surface area contributed by atoms with Crippen LogP contribution in [0.2, 0.25) is 0 Å². The van der Waals surface area contributed by atoms with Crippen LogP contribution in [0.1, 0.15) is 26.3 Å². The standard InChI is InChI=1S/C20H30N4O6S/c1-10(2)16(20(29)30)24-18(27)14(8-12-4-6-13(25)7-5-12)22-19(28)15(9-31)23-17(26)11(3)21/h4-7,10-11,14-16,25,31H,8-9,21H2,1-3H3,(H,22,28)(H,23,26)(H,24,27)(H,29,30). The van der Waals surface area contributed by atoms with Gasteiger partial charge in [-0.05, 0) is 30.5 Å². The number of rotatable bonds is 11. The van der Waals surface area contributed by atoms with Gasteiger partial charge in [-0.25, -0.2) is 4.79 Å². The van der Waals surface area contributed by atoms with E-state index in [2.05, 4.69) is 28.6 Å². The highest BCUT2D eigenvalue weighted by Gasteiger charge is 2.30. The van der Waals surface area contributed by atoms with Crippen molar-refractivity contribution in [1.82, 2.24) is 16.0 Å². The summed E-state index contributed by atoms with van der Waals surface area (Å²) >= 11 is 4.07. The van der Waals surface area contributed by atoms with E-state index in [1.54, 1.807) is 26.0 Å². The number of carbonyl (C=O) groups excluding carboxylic acids is 3. The minimum atomic E-state index is -1.20. The summed E-state index contributed by atoms with van der Waals surface area (Å²) in [6, 6.07) is 1.85. The van der Waals surface area contributed by atoms with Crippen LogP contribution in [-0.4, -0.2) is 63.8 Å². The largest absolute Gasteiger partial charge is 0.508 e. The van der Waals surface area contributed by atoms with E-state index < -0.39 is 47.9 Å². The van der Waals surface area contributed by atoms with Crippen LogP contribution in [0.3, 0.4) is 0 Å². The fourth-order valence-corrected chi connectivity index (χ4v) is 2.87. The predicted octanol–water partition coefficient (Wildman–Crippen LogP) is -0.593. The second kappa shape index (κ2) is 12.2. The molecule has 10 nitrogen and oxygen atoms in total. The topological polar surface area (TPSA) is 171 Å². The monoisotopic (exact) mass is 454 g/mol. The van der Waals surface area contributed by atoms with Crippen molar-refractivity contribution in [2.24, 2.45) is 11.7 Å². The molecule has 0 fully saturated rings. The number of hydrogen-bond acceptors (Lipinski definition) is 7.